The molecule has 1 N–H and O–H groups in total. The van der Waals surface area contributed by atoms with Crippen LogP contribution < -0.4 is 0 Å². The molecule has 0 saturated carbocycles. The van der Waals surface area contributed by atoms with Gasteiger partial charge in [-0.15, -0.1) is 0 Å². The van der Waals surface area contributed by atoms with E-state index in [0.717, 1.165) is 11.8 Å². The molecule has 0 saturated heterocycles. The Hall–Kier alpha value is -1.19. The van der Waals surface area contributed by atoms with Crippen LogP contribution in [0.15, 0.2) is 30.3 Å². The van der Waals surface area contributed by atoms with E-state index in [1.807, 2.05) is 30.3 Å². The van der Waals surface area contributed by atoms with Crippen molar-refractivity contribution in [1.29, 1.82) is 0 Å². The van der Waals surface area contributed by atoms with E-state index in [1.165, 1.54) is 0 Å². The minimum absolute atomic E-state index is 0.0256. The molecule has 1 aromatic rings. The highest BCUT2D eigenvalue weighted by Gasteiger charge is 2.10. The zero-order valence-corrected chi connectivity index (χ0v) is 7.93. The Kier molecular flexibility index (Phi) is 4.89. The molecule has 0 radical (unpaired) electrons. The summed E-state index contributed by atoms with van der Waals surface area (Å²) >= 11 is 0. The minimum Gasteiger partial charge on any atom is -0.394 e. The maximum atomic E-state index is 10.4. The van der Waals surface area contributed by atoms with Crippen LogP contribution >= 0.6 is 0 Å². The van der Waals surface area contributed by atoms with Gasteiger partial charge in [0.15, 0.2) is 0 Å². The summed E-state index contributed by atoms with van der Waals surface area (Å²) in [5.74, 6) is 0. The van der Waals surface area contributed by atoms with Gasteiger partial charge in [0.1, 0.15) is 6.29 Å². The number of aliphatic hydroxyl groups excluding tert-OH is 1. The van der Waals surface area contributed by atoms with Gasteiger partial charge in [-0.3, -0.25) is 0 Å². The number of hydrogen-bond donors (Lipinski definition) is 1. The van der Waals surface area contributed by atoms with Crippen LogP contribution in [0.1, 0.15) is 18.1 Å². The number of carbonyl (C=O) groups is 1. The zero-order chi connectivity index (χ0) is 10.2. The first-order valence-electron chi connectivity index (χ1n) is 4.59. The van der Waals surface area contributed by atoms with Crippen molar-refractivity contribution in [2.45, 2.75) is 12.5 Å². The van der Waals surface area contributed by atoms with E-state index in [1.54, 1.807) is 0 Å². The molecule has 1 unspecified atom stereocenters. The summed E-state index contributed by atoms with van der Waals surface area (Å²) in [6.07, 6.45) is 0.917. The van der Waals surface area contributed by atoms with Crippen LogP contribution in [0.2, 0.25) is 0 Å². The molecule has 1 rings (SSSR count). The van der Waals surface area contributed by atoms with Gasteiger partial charge in [-0.1, -0.05) is 30.3 Å². The third-order valence-corrected chi connectivity index (χ3v) is 1.89. The summed E-state index contributed by atoms with van der Waals surface area (Å²) in [7, 11) is 0. The average Bonchev–Trinajstić information content (AvgIpc) is 2.25. The van der Waals surface area contributed by atoms with Crippen molar-refractivity contribution in [3.63, 3.8) is 0 Å². The molecular weight excluding hydrogens is 180 g/mol. The second-order valence-corrected chi connectivity index (χ2v) is 2.90. The largest absolute Gasteiger partial charge is 0.394 e. The van der Waals surface area contributed by atoms with Crippen molar-refractivity contribution in [3.05, 3.63) is 35.9 Å². The van der Waals surface area contributed by atoms with Crippen molar-refractivity contribution in [2.75, 3.05) is 13.2 Å². The summed E-state index contributed by atoms with van der Waals surface area (Å²) in [5.41, 5.74) is 0.966. The lowest BCUT2D eigenvalue weighted by Gasteiger charge is -2.14. The molecule has 0 aliphatic carbocycles. The summed E-state index contributed by atoms with van der Waals surface area (Å²) in [6, 6.07) is 9.52. The van der Waals surface area contributed by atoms with Gasteiger partial charge in [0, 0.05) is 6.42 Å². The number of aliphatic hydroxyl groups is 1. The summed E-state index contributed by atoms with van der Waals surface area (Å²) in [5, 5.41) is 8.62. The minimum atomic E-state index is -0.235. The standard InChI is InChI=1S/C11H14O3/c12-7-6-11(14-9-8-13)10-4-2-1-3-5-10/h1-5,7,11,13H,6,8-9H2. The lowest BCUT2D eigenvalue weighted by molar-refractivity contribution is -0.110. The number of hydrogen-bond acceptors (Lipinski definition) is 3. The number of benzene rings is 1. The number of rotatable bonds is 6. The molecule has 0 bridgehead atoms. The van der Waals surface area contributed by atoms with Gasteiger partial charge in [-0.25, -0.2) is 0 Å². The quantitative estimate of drug-likeness (QED) is 0.695. The highest BCUT2D eigenvalue weighted by atomic mass is 16.5. The molecule has 3 heteroatoms. The van der Waals surface area contributed by atoms with Crippen molar-refractivity contribution < 1.29 is 14.6 Å². The summed E-state index contributed by atoms with van der Waals surface area (Å²) in [4.78, 5) is 10.4. The Balaban J connectivity index is 2.62. The van der Waals surface area contributed by atoms with Crippen molar-refractivity contribution in [2.24, 2.45) is 0 Å². The topological polar surface area (TPSA) is 46.5 Å². The van der Waals surface area contributed by atoms with Crippen LogP contribution in [0.4, 0.5) is 0 Å². The fraction of sp³-hybridized carbons (Fsp3) is 0.364. The SMILES string of the molecule is O=CCC(OCCO)c1ccccc1. The average molecular weight is 194 g/mol. The third-order valence-electron chi connectivity index (χ3n) is 1.89. The smallest absolute Gasteiger partial charge is 0.122 e. The first-order valence-corrected chi connectivity index (χ1v) is 4.59. The van der Waals surface area contributed by atoms with Gasteiger partial charge < -0.3 is 14.6 Å². The van der Waals surface area contributed by atoms with E-state index in [0.29, 0.717) is 6.42 Å². The molecule has 1 aromatic carbocycles. The monoisotopic (exact) mass is 194 g/mol. The van der Waals surface area contributed by atoms with Crippen LogP contribution in [0.3, 0.4) is 0 Å². The number of carbonyl (C=O) groups excluding carboxylic acids is 1. The normalized spacial score (nSPS) is 12.4. The molecule has 0 aliphatic heterocycles. The summed E-state index contributed by atoms with van der Waals surface area (Å²) in [6.45, 7) is 0.232. The van der Waals surface area contributed by atoms with Gasteiger partial charge in [0.2, 0.25) is 0 Å². The van der Waals surface area contributed by atoms with Gasteiger partial charge >= 0.3 is 0 Å². The van der Waals surface area contributed by atoms with Crippen molar-refractivity contribution >= 4 is 6.29 Å². The maximum Gasteiger partial charge on any atom is 0.122 e. The lowest BCUT2D eigenvalue weighted by atomic mass is 10.1. The number of ether oxygens (including phenoxy) is 1. The fourth-order valence-electron chi connectivity index (χ4n) is 1.25. The fourth-order valence-corrected chi connectivity index (χ4v) is 1.25. The van der Waals surface area contributed by atoms with Crippen molar-refractivity contribution in [1.82, 2.24) is 0 Å². The Morgan fingerprint density at radius 1 is 1.36 bits per heavy atom. The van der Waals surface area contributed by atoms with E-state index >= 15 is 0 Å². The first kappa shape index (κ1) is 10.9. The van der Waals surface area contributed by atoms with E-state index in [2.05, 4.69) is 0 Å². The third kappa shape index (κ3) is 3.28. The molecule has 76 valence electrons. The molecule has 0 aromatic heterocycles. The molecule has 0 aliphatic rings. The highest BCUT2D eigenvalue weighted by Crippen LogP contribution is 2.19. The van der Waals surface area contributed by atoms with E-state index in [9.17, 15) is 4.79 Å². The molecular formula is C11H14O3. The van der Waals surface area contributed by atoms with Crippen LogP contribution in [-0.4, -0.2) is 24.6 Å². The molecule has 14 heavy (non-hydrogen) atoms. The molecule has 0 heterocycles. The van der Waals surface area contributed by atoms with Crippen LogP contribution in [0.25, 0.3) is 0 Å². The van der Waals surface area contributed by atoms with Crippen molar-refractivity contribution in [3.8, 4) is 0 Å². The molecule has 1 atom stereocenters. The van der Waals surface area contributed by atoms with Crippen LogP contribution in [0.5, 0.6) is 0 Å². The van der Waals surface area contributed by atoms with Gasteiger partial charge in [0.05, 0.1) is 19.3 Å². The molecule has 0 amide bonds. The predicted molar refractivity (Wildman–Crippen MR) is 52.9 cm³/mol. The van der Waals surface area contributed by atoms with Crippen LogP contribution in [0, 0.1) is 0 Å². The Morgan fingerprint density at radius 2 is 2.07 bits per heavy atom. The second kappa shape index (κ2) is 6.29. The second-order valence-electron chi connectivity index (χ2n) is 2.90. The van der Waals surface area contributed by atoms with E-state index in [4.69, 9.17) is 9.84 Å². The van der Waals surface area contributed by atoms with Gasteiger partial charge in [-0.2, -0.15) is 0 Å². The molecule has 3 nitrogen and oxygen atoms in total. The van der Waals surface area contributed by atoms with E-state index < -0.39 is 0 Å². The Labute approximate surface area is 83.3 Å². The lowest BCUT2D eigenvalue weighted by Crippen LogP contribution is -2.08. The zero-order valence-electron chi connectivity index (χ0n) is 7.93. The van der Waals surface area contributed by atoms with Crippen LogP contribution in [-0.2, 0) is 9.53 Å². The maximum absolute atomic E-state index is 10.4. The molecule has 0 spiro atoms. The summed E-state index contributed by atoms with van der Waals surface area (Å²) < 4.78 is 5.34. The van der Waals surface area contributed by atoms with Gasteiger partial charge in [0.25, 0.3) is 0 Å². The first-order chi connectivity index (χ1) is 6.88. The highest BCUT2D eigenvalue weighted by molar-refractivity contribution is 5.51. The van der Waals surface area contributed by atoms with E-state index in [-0.39, 0.29) is 19.3 Å². The Morgan fingerprint density at radius 3 is 2.64 bits per heavy atom. The molecule has 0 fully saturated rings. The Bertz CT molecular complexity index is 258. The number of aldehydes is 1. The van der Waals surface area contributed by atoms with Gasteiger partial charge in [-0.05, 0) is 5.56 Å². The predicted octanol–water partition coefficient (Wildman–Crippen LogP) is 1.33.